The lowest BCUT2D eigenvalue weighted by Crippen LogP contribution is -2.48. The van der Waals surface area contributed by atoms with Crippen LogP contribution >= 0.6 is 11.3 Å². The maximum Gasteiger partial charge on any atom is 0.321 e. The zero-order valence-corrected chi connectivity index (χ0v) is 15.2. The van der Waals surface area contributed by atoms with Crippen LogP contribution in [-0.2, 0) is 11.3 Å². The first kappa shape index (κ1) is 18.2. The number of rotatable bonds is 6. The van der Waals surface area contributed by atoms with Gasteiger partial charge in [-0.1, -0.05) is 6.08 Å². The Morgan fingerprint density at radius 2 is 2.21 bits per heavy atom. The molecule has 0 fully saturated rings. The van der Waals surface area contributed by atoms with Crippen molar-refractivity contribution in [2.45, 2.75) is 33.4 Å². The molecule has 24 heavy (non-hydrogen) atoms. The van der Waals surface area contributed by atoms with Crippen molar-refractivity contribution in [3.05, 3.63) is 35.1 Å². The predicted octanol–water partition coefficient (Wildman–Crippen LogP) is 1.84. The lowest BCUT2D eigenvalue weighted by molar-refractivity contribution is -0.124. The van der Waals surface area contributed by atoms with Crippen molar-refractivity contribution in [1.29, 1.82) is 0 Å². The van der Waals surface area contributed by atoms with Gasteiger partial charge in [-0.05, 0) is 27.8 Å². The molecule has 8 heteroatoms. The maximum atomic E-state index is 12.2. The van der Waals surface area contributed by atoms with Gasteiger partial charge in [0.25, 0.3) is 0 Å². The molecule has 0 saturated heterocycles. The Hall–Kier alpha value is -2.19. The average Bonchev–Trinajstić information content (AvgIpc) is 3.01. The highest BCUT2D eigenvalue weighted by molar-refractivity contribution is 7.17. The highest BCUT2D eigenvalue weighted by atomic mass is 32.1. The van der Waals surface area contributed by atoms with Crippen molar-refractivity contribution in [2.75, 3.05) is 13.6 Å². The summed E-state index contributed by atoms with van der Waals surface area (Å²) in [5.41, 5.74) is 2.00. The van der Waals surface area contributed by atoms with E-state index in [2.05, 4.69) is 32.8 Å². The van der Waals surface area contributed by atoms with Gasteiger partial charge in [0.2, 0.25) is 5.91 Å². The molecule has 2 aromatic rings. The summed E-state index contributed by atoms with van der Waals surface area (Å²) in [6.45, 7) is 10.2. The molecular formula is C16H23N5O2S. The lowest BCUT2D eigenvalue weighted by Gasteiger charge is -2.23. The van der Waals surface area contributed by atoms with Crippen molar-refractivity contribution in [3.8, 4) is 0 Å². The first-order chi connectivity index (χ1) is 11.3. The molecule has 0 spiro atoms. The number of aromatic nitrogens is 2. The second kappa shape index (κ2) is 7.59. The SMILES string of the molecule is C=CCNC(=O)NC(=O)[C@@H](C)N(C)Cc1c(C)nc2sc(C)cn12. The van der Waals surface area contributed by atoms with Gasteiger partial charge in [-0.3, -0.25) is 19.4 Å². The summed E-state index contributed by atoms with van der Waals surface area (Å²) in [5, 5.41) is 4.85. The summed E-state index contributed by atoms with van der Waals surface area (Å²) in [6, 6.07) is -0.972. The normalized spacial score (nSPS) is 12.4. The smallest absolute Gasteiger partial charge is 0.321 e. The molecule has 7 nitrogen and oxygen atoms in total. The van der Waals surface area contributed by atoms with E-state index in [9.17, 15) is 9.59 Å². The van der Waals surface area contributed by atoms with Gasteiger partial charge in [0.15, 0.2) is 4.96 Å². The Kier molecular flexibility index (Phi) is 5.74. The molecule has 130 valence electrons. The van der Waals surface area contributed by atoms with Gasteiger partial charge in [-0.25, -0.2) is 9.78 Å². The monoisotopic (exact) mass is 349 g/mol. The number of urea groups is 1. The number of carbonyl (C=O) groups excluding carboxylic acids is 2. The molecule has 2 N–H and O–H groups in total. The molecule has 0 saturated carbocycles. The van der Waals surface area contributed by atoms with Crippen LogP contribution in [0.5, 0.6) is 0 Å². The highest BCUT2D eigenvalue weighted by Gasteiger charge is 2.22. The number of nitrogens with one attached hydrogen (secondary N) is 2. The van der Waals surface area contributed by atoms with Gasteiger partial charge in [0, 0.05) is 24.2 Å². The van der Waals surface area contributed by atoms with E-state index < -0.39 is 12.1 Å². The van der Waals surface area contributed by atoms with Crippen LogP contribution in [0.25, 0.3) is 4.96 Å². The Bertz CT molecular complexity index is 764. The van der Waals surface area contributed by atoms with Gasteiger partial charge in [-0.15, -0.1) is 17.9 Å². The lowest BCUT2D eigenvalue weighted by atomic mass is 10.2. The van der Waals surface area contributed by atoms with Gasteiger partial charge in [0.1, 0.15) is 0 Å². The number of fused-ring (bicyclic) bond motifs is 1. The molecule has 0 unspecified atom stereocenters. The molecule has 2 rings (SSSR count). The van der Waals surface area contributed by atoms with Crippen LogP contribution in [0.2, 0.25) is 0 Å². The number of imide groups is 1. The molecule has 1 atom stereocenters. The van der Waals surface area contributed by atoms with E-state index in [-0.39, 0.29) is 5.91 Å². The summed E-state index contributed by atoms with van der Waals surface area (Å²) < 4.78 is 2.06. The summed E-state index contributed by atoms with van der Waals surface area (Å²) in [4.78, 5) is 32.3. The van der Waals surface area contributed by atoms with Crippen LogP contribution < -0.4 is 10.6 Å². The molecule has 0 aliphatic carbocycles. The molecule has 0 aliphatic heterocycles. The number of likely N-dealkylation sites (N-methyl/N-ethyl adjacent to an activating group) is 1. The fourth-order valence-corrected chi connectivity index (χ4v) is 3.19. The molecule has 0 aromatic carbocycles. The Labute approximate surface area is 145 Å². The van der Waals surface area contributed by atoms with Crippen LogP contribution in [0.4, 0.5) is 4.79 Å². The van der Waals surface area contributed by atoms with E-state index in [1.807, 2.05) is 25.8 Å². The van der Waals surface area contributed by atoms with Gasteiger partial charge >= 0.3 is 6.03 Å². The Morgan fingerprint density at radius 3 is 2.88 bits per heavy atom. The van der Waals surface area contributed by atoms with E-state index in [0.29, 0.717) is 13.1 Å². The van der Waals surface area contributed by atoms with Gasteiger partial charge in [0.05, 0.1) is 17.4 Å². The third-order valence-electron chi connectivity index (χ3n) is 3.82. The van der Waals surface area contributed by atoms with Crippen molar-refractivity contribution >= 4 is 28.2 Å². The number of amides is 3. The van der Waals surface area contributed by atoms with E-state index in [1.54, 1.807) is 24.3 Å². The summed E-state index contributed by atoms with van der Waals surface area (Å²) in [5.74, 6) is -0.348. The molecule has 2 heterocycles. The standard InChI is InChI=1S/C16H23N5O2S/c1-6-7-17-15(23)19-14(22)12(4)20(5)9-13-11(3)18-16-21(13)8-10(2)24-16/h6,8,12H,1,7,9H2,2-5H3,(H2,17,19,22,23)/t12-/m1/s1. The van der Waals surface area contributed by atoms with Crippen LogP contribution in [0.1, 0.15) is 23.2 Å². The predicted molar refractivity (Wildman–Crippen MR) is 95.2 cm³/mol. The van der Waals surface area contributed by atoms with Crippen molar-refractivity contribution < 1.29 is 9.59 Å². The summed E-state index contributed by atoms with van der Waals surface area (Å²) in [7, 11) is 1.85. The second-order valence-electron chi connectivity index (χ2n) is 5.72. The number of carbonyl (C=O) groups is 2. The zero-order valence-electron chi connectivity index (χ0n) is 14.4. The number of aryl methyl sites for hydroxylation is 2. The minimum atomic E-state index is -0.517. The number of hydrogen-bond acceptors (Lipinski definition) is 5. The minimum absolute atomic E-state index is 0.313. The first-order valence-corrected chi connectivity index (χ1v) is 8.49. The number of nitrogens with zero attached hydrogens (tertiary/aromatic N) is 3. The Balaban J connectivity index is 2.03. The molecule has 0 radical (unpaired) electrons. The molecular weight excluding hydrogens is 326 g/mol. The number of hydrogen-bond donors (Lipinski definition) is 2. The van der Waals surface area contributed by atoms with Crippen molar-refractivity contribution in [2.24, 2.45) is 0 Å². The number of imidazole rings is 1. The van der Waals surface area contributed by atoms with E-state index >= 15 is 0 Å². The molecule has 0 bridgehead atoms. The van der Waals surface area contributed by atoms with Crippen molar-refractivity contribution in [1.82, 2.24) is 24.9 Å². The maximum absolute atomic E-state index is 12.2. The highest BCUT2D eigenvalue weighted by Crippen LogP contribution is 2.21. The largest absolute Gasteiger partial charge is 0.334 e. The minimum Gasteiger partial charge on any atom is -0.334 e. The Morgan fingerprint density at radius 1 is 1.50 bits per heavy atom. The third kappa shape index (κ3) is 4.01. The quantitative estimate of drug-likeness (QED) is 0.780. The van der Waals surface area contributed by atoms with Crippen LogP contribution in [-0.4, -0.2) is 45.9 Å². The van der Waals surface area contributed by atoms with Crippen molar-refractivity contribution in [3.63, 3.8) is 0 Å². The first-order valence-electron chi connectivity index (χ1n) is 7.67. The summed E-state index contributed by atoms with van der Waals surface area (Å²) >= 11 is 1.64. The topological polar surface area (TPSA) is 78.7 Å². The number of thiazole rings is 1. The van der Waals surface area contributed by atoms with Crippen LogP contribution in [0.15, 0.2) is 18.9 Å². The van der Waals surface area contributed by atoms with Gasteiger partial charge in [-0.2, -0.15) is 0 Å². The zero-order chi connectivity index (χ0) is 17.9. The molecule has 2 aromatic heterocycles. The van der Waals surface area contributed by atoms with Crippen LogP contribution in [0, 0.1) is 13.8 Å². The summed E-state index contributed by atoms with van der Waals surface area (Å²) in [6.07, 6.45) is 3.60. The van der Waals surface area contributed by atoms with E-state index in [4.69, 9.17) is 0 Å². The fraction of sp³-hybridized carbons (Fsp3) is 0.438. The van der Waals surface area contributed by atoms with E-state index in [0.717, 1.165) is 16.3 Å². The third-order valence-corrected chi connectivity index (χ3v) is 4.72. The van der Waals surface area contributed by atoms with E-state index in [1.165, 1.54) is 4.88 Å². The average molecular weight is 349 g/mol. The van der Waals surface area contributed by atoms with Crippen LogP contribution in [0.3, 0.4) is 0 Å². The molecule has 3 amide bonds. The fourth-order valence-electron chi connectivity index (χ4n) is 2.30. The second-order valence-corrected chi connectivity index (χ2v) is 6.93. The van der Waals surface area contributed by atoms with Gasteiger partial charge < -0.3 is 5.32 Å². The molecule has 0 aliphatic rings.